The molecule has 1 aromatic heterocycles. The monoisotopic (exact) mass is 296 g/mol. The SMILES string of the molecule is c1ccc(Nc2ccc(-c3cccc4cccnc34)cc2)cc1. The van der Waals surface area contributed by atoms with Crippen LogP contribution in [0.3, 0.4) is 0 Å². The van der Waals surface area contributed by atoms with Crippen molar-refractivity contribution < 1.29 is 0 Å². The molecule has 0 saturated heterocycles. The molecule has 0 amide bonds. The van der Waals surface area contributed by atoms with Crippen LogP contribution < -0.4 is 5.32 Å². The molecule has 0 unspecified atom stereocenters. The van der Waals surface area contributed by atoms with Crippen molar-refractivity contribution in [3.63, 3.8) is 0 Å². The zero-order valence-electron chi connectivity index (χ0n) is 12.6. The summed E-state index contributed by atoms with van der Waals surface area (Å²) in [5.74, 6) is 0. The predicted molar refractivity (Wildman–Crippen MR) is 96.9 cm³/mol. The lowest BCUT2D eigenvalue weighted by Gasteiger charge is -2.09. The molecular formula is C21H16N2. The van der Waals surface area contributed by atoms with Crippen LogP contribution in [0.25, 0.3) is 22.0 Å². The summed E-state index contributed by atoms with van der Waals surface area (Å²) >= 11 is 0. The van der Waals surface area contributed by atoms with Crippen LogP contribution in [0.15, 0.2) is 91.1 Å². The fourth-order valence-electron chi connectivity index (χ4n) is 2.76. The molecule has 1 N–H and O–H groups in total. The molecule has 0 bridgehead atoms. The van der Waals surface area contributed by atoms with Crippen LogP contribution in [0, 0.1) is 0 Å². The van der Waals surface area contributed by atoms with Crippen LogP contribution in [0.2, 0.25) is 0 Å². The van der Waals surface area contributed by atoms with Gasteiger partial charge in [0.05, 0.1) is 5.52 Å². The van der Waals surface area contributed by atoms with Crippen molar-refractivity contribution in [1.82, 2.24) is 4.98 Å². The minimum Gasteiger partial charge on any atom is -0.356 e. The van der Waals surface area contributed by atoms with Gasteiger partial charge in [0, 0.05) is 28.5 Å². The summed E-state index contributed by atoms with van der Waals surface area (Å²) < 4.78 is 0. The van der Waals surface area contributed by atoms with Gasteiger partial charge in [-0.3, -0.25) is 4.98 Å². The highest BCUT2D eigenvalue weighted by molar-refractivity contribution is 5.93. The normalized spacial score (nSPS) is 10.6. The molecule has 2 nitrogen and oxygen atoms in total. The van der Waals surface area contributed by atoms with Crippen LogP contribution in [0.4, 0.5) is 11.4 Å². The number of nitrogens with zero attached hydrogens (tertiary/aromatic N) is 1. The topological polar surface area (TPSA) is 24.9 Å². The molecule has 23 heavy (non-hydrogen) atoms. The van der Waals surface area contributed by atoms with E-state index in [9.17, 15) is 0 Å². The van der Waals surface area contributed by atoms with Gasteiger partial charge in [0.25, 0.3) is 0 Å². The second-order valence-corrected chi connectivity index (χ2v) is 5.45. The lowest BCUT2D eigenvalue weighted by molar-refractivity contribution is 1.41. The lowest BCUT2D eigenvalue weighted by Crippen LogP contribution is -1.90. The van der Waals surface area contributed by atoms with Crippen molar-refractivity contribution in [2.75, 3.05) is 5.32 Å². The summed E-state index contributed by atoms with van der Waals surface area (Å²) in [6.45, 7) is 0. The molecule has 1 heterocycles. The van der Waals surface area contributed by atoms with E-state index in [2.05, 4.69) is 71.0 Å². The van der Waals surface area contributed by atoms with Crippen molar-refractivity contribution in [2.45, 2.75) is 0 Å². The lowest BCUT2D eigenvalue weighted by atomic mass is 10.0. The number of benzene rings is 3. The van der Waals surface area contributed by atoms with Crippen molar-refractivity contribution in [1.29, 1.82) is 0 Å². The first kappa shape index (κ1) is 13.5. The van der Waals surface area contributed by atoms with E-state index in [1.165, 1.54) is 5.56 Å². The van der Waals surface area contributed by atoms with E-state index in [4.69, 9.17) is 0 Å². The maximum atomic E-state index is 4.53. The van der Waals surface area contributed by atoms with E-state index >= 15 is 0 Å². The molecule has 110 valence electrons. The quantitative estimate of drug-likeness (QED) is 0.528. The summed E-state index contributed by atoms with van der Waals surface area (Å²) in [6.07, 6.45) is 1.84. The first-order valence-electron chi connectivity index (χ1n) is 7.66. The van der Waals surface area contributed by atoms with Gasteiger partial charge in [-0.2, -0.15) is 0 Å². The Hall–Kier alpha value is -3.13. The Bertz CT molecular complexity index is 923. The average molecular weight is 296 g/mol. The molecule has 0 aliphatic heterocycles. The molecule has 0 fully saturated rings. The second-order valence-electron chi connectivity index (χ2n) is 5.45. The van der Waals surface area contributed by atoms with Gasteiger partial charge in [-0.25, -0.2) is 0 Å². The zero-order chi connectivity index (χ0) is 15.5. The molecule has 0 aliphatic rings. The van der Waals surface area contributed by atoms with E-state index in [1.54, 1.807) is 0 Å². The number of fused-ring (bicyclic) bond motifs is 1. The van der Waals surface area contributed by atoms with E-state index < -0.39 is 0 Å². The fraction of sp³-hybridized carbons (Fsp3) is 0. The van der Waals surface area contributed by atoms with Gasteiger partial charge in [-0.15, -0.1) is 0 Å². The number of hydrogen-bond donors (Lipinski definition) is 1. The Morgan fingerprint density at radius 2 is 1.35 bits per heavy atom. The summed E-state index contributed by atoms with van der Waals surface area (Å²) in [4.78, 5) is 4.53. The number of rotatable bonds is 3. The first-order valence-corrected chi connectivity index (χ1v) is 7.66. The van der Waals surface area contributed by atoms with Crippen LogP contribution in [0.5, 0.6) is 0 Å². The second kappa shape index (κ2) is 5.93. The number of nitrogens with one attached hydrogen (secondary N) is 1. The number of anilines is 2. The van der Waals surface area contributed by atoms with Crippen molar-refractivity contribution >= 4 is 22.3 Å². The number of hydrogen-bond acceptors (Lipinski definition) is 2. The van der Waals surface area contributed by atoms with Crippen LogP contribution in [-0.4, -0.2) is 4.98 Å². The highest BCUT2D eigenvalue weighted by atomic mass is 14.9. The van der Waals surface area contributed by atoms with Gasteiger partial charge in [-0.05, 0) is 35.9 Å². The minimum absolute atomic E-state index is 1.04. The molecule has 0 radical (unpaired) electrons. The Labute approximate surface area is 135 Å². The molecule has 3 aromatic carbocycles. The molecule has 0 saturated carbocycles. The van der Waals surface area contributed by atoms with E-state index in [0.717, 1.165) is 27.8 Å². The maximum Gasteiger partial charge on any atom is 0.0780 e. The van der Waals surface area contributed by atoms with Gasteiger partial charge >= 0.3 is 0 Å². The largest absolute Gasteiger partial charge is 0.356 e. The highest BCUT2D eigenvalue weighted by Crippen LogP contribution is 2.28. The standard InChI is InChI=1S/C21H16N2/c1-2-8-18(9-3-1)23-19-13-11-16(12-14-19)20-10-4-6-17-7-5-15-22-21(17)20/h1-15,23H. The Morgan fingerprint density at radius 3 is 2.17 bits per heavy atom. The van der Waals surface area contributed by atoms with Gasteiger partial charge in [0.1, 0.15) is 0 Å². The third-order valence-electron chi connectivity index (χ3n) is 3.89. The van der Waals surface area contributed by atoms with E-state index in [0.29, 0.717) is 0 Å². The van der Waals surface area contributed by atoms with Crippen LogP contribution in [-0.2, 0) is 0 Å². The van der Waals surface area contributed by atoms with Crippen molar-refractivity contribution in [3.8, 4) is 11.1 Å². The van der Waals surface area contributed by atoms with Gasteiger partial charge in [0.15, 0.2) is 0 Å². The summed E-state index contributed by atoms with van der Waals surface area (Å²) in [7, 11) is 0. The Kier molecular flexibility index (Phi) is 3.49. The number of pyridine rings is 1. The van der Waals surface area contributed by atoms with E-state index in [1.807, 2.05) is 30.5 Å². The molecule has 0 atom stereocenters. The Balaban J connectivity index is 1.68. The van der Waals surface area contributed by atoms with Crippen molar-refractivity contribution in [3.05, 3.63) is 91.1 Å². The molecule has 0 spiro atoms. The minimum atomic E-state index is 1.04. The first-order chi connectivity index (χ1) is 11.4. The maximum absolute atomic E-state index is 4.53. The van der Waals surface area contributed by atoms with Crippen LogP contribution >= 0.6 is 0 Å². The van der Waals surface area contributed by atoms with Crippen LogP contribution in [0.1, 0.15) is 0 Å². The molecule has 0 aliphatic carbocycles. The van der Waals surface area contributed by atoms with Gasteiger partial charge in [-0.1, -0.05) is 54.6 Å². The smallest absolute Gasteiger partial charge is 0.0780 e. The average Bonchev–Trinajstić information content (AvgIpc) is 2.63. The third-order valence-corrected chi connectivity index (χ3v) is 3.89. The number of aromatic nitrogens is 1. The van der Waals surface area contributed by atoms with Gasteiger partial charge in [0.2, 0.25) is 0 Å². The fourth-order valence-corrected chi connectivity index (χ4v) is 2.76. The summed E-state index contributed by atoms with van der Waals surface area (Å²) in [6, 6.07) is 29.0. The number of para-hydroxylation sites is 2. The highest BCUT2D eigenvalue weighted by Gasteiger charge is 2.04. The predicted octanol–water partition coefficient (Wildman–Crippen LogP) is 5.65. The van der Waals surface area contributed by atoms with Crippen molar-refractivity contribution in [2.24, 2.45) is 0 Å². The molecule has 2 heteroatoms. The molecule has 4 aromatic rings. The zero-order valence-corrected chi connectivity index (χ0v) is 12.6. The molecular weight excluding hydrogens is 280 g/mol. The summed E-state index contributed by atoms with van der Waals surface area (Å²) in [5.41, 5.74) is 5.54. The van der Waals surface area contributed by atoms with E-state index in [-0.39, 0.29) is 0 Å². The molecule has 4 rings (SSSR count). The van der Waals surface area contributed by atoms with Gasteiger partial charge < -0.3 is 5.32 Å². The Morgan fingerprint density at radius 1 is 0.609 bits per heavy atom. The third kappa shape index (κ3) is 2.79. The summed E-state index contributed by atoms with van der Waals surface area (Å²) in [5, 5.41) is 4.57.